The number of carbonyl (C=O) groups is 2. The van der Waals surface area contributed by atoms with E-state index in [9.17, 15) is 14.4 Å². The molecule has 0 aliphatic rings. The zero-order valence-electron chi connectivity index (χ0n) is 13.9. The third-order valence-corrected chi connectivity index (χ3v) is 3.51. The first-order valence-electron chi connectivity index (χ1n) is 7.76. The summed E-state index contributed by atoms with van der Waals surface area (Å²) in [5, 5.41) is 6.59. The van der Waals surface area contributed by atoms with Crippen LogP contribution in [0.5, 0.6) is 5.75 Å². The Kier molecular flexibility index (Phi) is 4.89. The molecule has 0 atom stereocenters. The summed E-state index contributed by atoms with van der Waals surface area (Å²) in [6.45, 7) is 0. The van der Waals surface area contributed by atoms with Gasteiger partial charge in [-0.15, -0.1) is 0 Å². The highest BCUT2D eigenvalue weighted by Gasteiger charge is 2.13. The van der Waals surface area contributed by atoms with E-state index in [1.165, 1.54) is 25.2 Å². The number of para-hydroxylation sites is 1. The smallest absolute Gasteiger partial charge is 0.364 e. The van der Waals surface area contributed by atoms with Gasteiger partial charge in [-0.2, -0.15) is 5.10 Å². The fourth-order valence-electron chi connectivity index (χ4n) is 2.20. The number of benzene rings is 2. The molecule has 1 amide bonds. The Morgan fingerprint density at radius 2 is 1.77 bits per heavy atom. The molecule has 0 saturated carbocycles. The summed E-state index contributed by atoms with van der Waals surface area (Å²) in [6.07, 6.45) is 0. The SMILES string of the molecule is Cn1nc(C(=O)Oc2cccc(C(=O)Nc3ccccc3)c2)ccc1=O. The monoisotopic (exact) mass is 349 g/mol. The van der Waals surface area contributed by atoms with Gasteiger partial charge < -0.3 is 10.1 Å². The molecular weight excluding hydrogens is 334 g/mol. The van der Waals surface area contributed by atoms with Gasteiger partial charge in [0.1, 0.15) is 5.75 Å². The van der Waals surface area contributed by atoms with E-state index < -0.39 is 5.97 Å². The van der Waals surface area contributed by atoms with Crippen LogP contribution < -0.4 is 15.6 Å². The van der Waals surface area contributed by atoms with E-state index in [4.69, 9.17) is 4.74 Å². The molecule has 1 heterocycles. The average molecular weight is 349 g/mol. The van der Waals surface area contributed by atoms with Crippen molar-refractivity contribution in [3.63, 3.8) is 0 Å². The lowest BCUT2D eigenvalue weighted by Gasteiger charge is -2.08. The molecule has 7 nitrogen and oxygen atoms in total. The van der Waals surface area contributed by atoms with Gasteiger partial charge in [0.2, 0.25) is 0 Å². The number of nitrogens with one attached hydrogen (secondary N) is 1. The van der Waals surface area contributed by atoms with Gasteiger partial charge in [0.05, 0.1) is 0 Å². The maximum absolute atomic E-state index is 12.3. The predicted molar refractivity (Wildman–Crippen MR) is 95.3 cm³/mol. The second-order valence-electron chi connectivity index (χ2n) is 5.42. The summed E-state index contributed by atoms with van der Waals surface area (Å²) in [7, 11) is 1.44. The predicted octanol–water partition coefficient (Wildman–Crippen LogP) is 2.25. The van der Waals surface area contributed by atoms with Gasteiger partial charge in [0, 0.05) is 24.4 Å². The van der Waals surface area contributed by atoms with Crippen molar-refractivity contribution in [2.75, 3.05) is 5.32 Å². The number of hydrogen-bond donors (Lipinski definition) is 1. The standard InChI is InChI=1S/C19H15N3O4/c1-22-17(23)11-10-16(21-22)19(25)26-15-9-5-6-13(12-15)18(24)20-14-7-3-2-4-8-14/h2-12H,1H3,(H,20,24). The molecular formula is C19H15N3O4. The maximum Gasteiger partial charge on any atom is 0.364 e. The Bertz CT molecular complexity index is 1010. The van der Waals surface area contributed by atoms with Crippen LogP contribution in [-0.4, -0.2) is 21.7 Å². The first-order chi connectivity index (χ1) is 12.5. The second kappa shape index (κ2) is 7.43. The Morgan fingerprint density at radius 3 is 2.50 bits per heavy atom. The van der Waals surface area contributed by atoms with Crippen molar-refractivity contribution in [3.05, 3.63) is 88.3 Å². The highest BCUT2D eigenvalue weighted by molar-refractivity contribution is 6.04. The number of carbonyl (C=O) groups excluding carboxylic acids is 2. The minimum absolute atomic E-state index is 0.00811. The molecule has 0 bridgehead atoms. The molecule has 0 aliphatic heterocycles. The van der Waals surface area contributed by atoms with E-state index in [0.29, 0.717) is 11.3 Å². The Morgan fingerprint density at radius 1 is 1.00 bits per heavy atom. The maximum atomic E-state index is 12.3. The summed E-state index contributed by atoms with van der Waals surface area (Å²) in [4.78, 5) is 35.8. The molecule has 3 rings (SSSR count). The van der Waals surface area contributed by atoms with E-state index in [1.54, 1.807) is 30.3 Å². The van der Waals surface area contributed by atoms with Crippen molar-refractivity contribution < 1.29 is 14.3 Å². The fourth-order valence-corrected chi connectivity index (χ4v) is 2.20. The number of aryl methyl sites for hydroxylation is 1. The Labute approximate surface area is 148 Å². The quantitative estimate of drug-likeness (QED) is 0.576. The molecule has 1 aromatic heterocycles. The topological polar surface area (TPSA) is 90.3 Å². The molecule has 0 fully saturated rings. The number of ether oxygens (including phenoxy) is 1. The molecule has 1 N–H and O–H groups in total. The minimum Gasteiger partial charge on any atom is -0.422 e. The Hall–Kier alpha value is -3.74. The molecule has 0 spiro atoms. The minimum atomic E-state index is -0.721. The second-order valence-corrected chi connectivity index (χ2v) is 5.42. The van der Waals surface area contributed by atoms with Crippen molar-refractivity contribution >= 4 is 17.6 Å². The molecule has 0 saturated heterocycles. The van der Waals surface area contributed by atoms with Crippen LogP contribution in [0.3, 0.4) is 0 Å². The van der Waals surface area contributed by atoms with Crippen LogP contribution in [-0.2, 0) is 7.05 Å². The molecule has 0 radical (unpaired) electrons. The van der Waals surface area contributed by atoms with Crippen LogP contribution in [0.15, 0.2) is 71.5 Å². The van der Waals surface area contributed by atoms with Crippen LogP contribution >= 0.6 is 0 Å². The lowest BCUT2D eigenvalue weighted by molar-refractivity contribution is 0.0725. The van der Waals surface area contributed by atoms with Crippen molar-refractivity contribution in [3.8, 4) is 5.75 Å². The number of esters is 1. The molecule has 7 heteroatoms. The number of rotatable bonds is 4. The summed E-state index contributed by atoms with van der Waals surface area (Å²) in [5.74, 6) is -0.845. The highest BCUT2D eigenvalue weighted by atomic mass is 16.5. The average Bonchev–Trinajstić information content (AvgIpc) is 2.65. The van der Waals surface area contributed by atoms with E-state index in [2.05, 4.69) is 10.4 Å². The van der Waals surface area contributed by atoms with E-state index in [1.807, 2.05) is 18.2 Å². The number of amides is 1. The number of anilines is 1. The van der Waals surface area contributed by atoms with Crippen molar-refractivity contribution in [2.45, 2.75) is 0 Å². The fraction of sp³-hybridized carbons (Fsp3) is 0.0526. The van der Waals surface area contributed by atoms with Gasteiger partial charge in [0.25, 0.3) is 11.5 Å². The van der Waals surface area contributed by atoms with Gasteiger partial charge in [-0.1, -0.05) is 24.3 Å². The highest BCUT2D eigenvalue weighted by Crippen LogP contribution is 2.16. The first kappa shape index (κ1) is 17.1. The molecule has 130 valence electrons. The van der Waals surface area contributed by atoms with Gasteiger partial charge in [-0.05, 0) is 36.4 Å². The molecule has 0 aliphatic carbocycles. The van der Waals surface area contributed by atoms with Crippen LogP contribution in [0.2, 0.25) is 0 Å². The number of hydrogen-bond acceptors (Lipinski definition) is 5. The van der Waals surface area contributed by atoms with Crippen LogP contribution in [0.1, 0.15) is 20.8 Å². The largest absolute Gasteiger partial charge is 0.422 e. The van der Waals surface area contributed by atoms with Gasteiger partial charge in [-0.3, -0.25) is 9.59 Å². The zero-order chi connectivity index (χ0) is 18.5. The van der Waals surface area contributed by atoms with Crippen molar-refractivity contribution in [1.82, 2.24) is 9.78 Å². The Balaban J connectivity index is 1.74. The molecule has 26 heavy (non-hydrogen) atoms. The van der Waals surface area contributed by atoms with Gasteiger partial charge >= 0.3 is 5.97 Å². The molecule has 2 aromatic carbocycles. The summed E-state index contributed by atoms with van der Waals surface area (Å²) in [6, 6.07) is 17.8. The third-order valence-electron chi connectivity index (χ3n) is 3.51. The van der Waals surface area contributed by atoms with E-state index >= 15 is 0 Å². The lowest BCUT2D eigenvalue weighted by atomic mass is 10.2. The normalized spacial score (nSPS) is 10.2. The van der Waals surface area contributed by atoms with Gasteiger partial charge in [0.15, 0.2) is 5.69 Å². The van der Waals surface area contributed by atoms with Crippen molar-refractivity contribution in [1.29, 1.82) is 0 Å². The van der Waals surface area contributed by atoms with Crippen molar-refractivity contribution in [2.24, 2.45) is 7.05 Å². The zero-order valence-corrected chi connectivity index (χ0v) is 13.9. The summed E-state index contributed by atoms with van der Waals surface area (Å²) in [5.41, 5.74) is 0.661. The van der Waals surface area contributed by atoms with Crippen LogP contribution in [0.25, 0.3) is 0 Å². The molecule has 3 aromatic rings. The first-order valence-corrected chi connectivity index (χ1v) is 7.76. The van der Waals surface area contributed by atoms with Gasteiger partial charge in [-0.25, -0.2) is 9.48 Å². The van der Waals surface area contributed by atoms with E-state index in [0.717, 1.165) is 4.68 Å². The number of nitrogens with zero attached hydrogens (tertiary/aromatic N) is 2. The van der Waals surface area contributed by atoms with E-state index in [-0.39, 0.29) is 22.9 Å². The summed E-state index contributed by atoms with van der Waals surface area (Å²) < 4.78 is 6.28. The summed E-state index contributed by atoms with van der Waals surface area (Å²) >= 11 is 0. The number of aromatic nitrogens is 2. The van der Waals surface area contributed by atoms with Crippen LogP contribution in [0.4, 0.5) is 5.69 Å². The lowest BCUT2D eigenvalue weighted by Crippen LogP contribution is -2.22. The van der Waals surface area contributed by atoms with Crippen LogP contribution in [0, 0.1) is 0 Å². The third kappa shape index (κ3) is 4.02. The molecule has 0 unspecified atom stereocenters.